The van der Waals surface area contributed by atoms with Gasteiger partial charge in [-0.1, -0.05) is 222 Å². The van der Waals surface area contributed by atoms with E-state index in [2.05, 4.69) is 79.9 Å². The highest BCUT2D eigenvalue weighted by Gasteiger charge is 2.51. The molecule has 12 atom stereocenters. The lowest BCUT2D eigenvalue weighted by molar-refractivity contribution is -0.359. The molecule has 436 valence electrons. The van der Waals surface area contributed by atoms with E-state index in [1.54, 1.807) is 0 Å². The van der Waals surface area contributed by atoms with Crippen molar-refractivity contribution in [2.75, 3.05) is 19.8 Å². The fourth-order valence-corrected chi connectivity index (χ4v) is 9.68. The molecular formula is C61H109NO13. The molecule has 0 saturated carbocycles. The maximum absolute atomic E-state index is 13.3. The standard InChI is InChI=1S/C61H109NO13/c1-3-5-7-9-11-13-15-17-18-19-20-21-22-23-24-25-26-27-28-29-30-31-32-33-35-37-39-41-43-45-53(66)62-49(50(65)44-42-40-38-36-34-16-14-12-10-8-6-4-2)48-72-60-58(71)56(69)59(52(47-64)74-60)75-61-57(70)55(68)54(67)51(46-63)73-61/h5,7,11,13,17-18,20-21,23-24,49-52,54-61,63-65,67-71H,3-4,6,8-10,12,14-16,19,22,25-48H2,1-2H3,(H,62,66)/b7-5-,13-11-,18-17-,21-20-,24-23-. The normalized spacial score (nSPS) is 25.5. The van der Waals surface area contributed by atoms with Crippen LogP contribution in [0.25, 0.3) is 0 Å². The predicted molar refractivity (Wildman–Crippen MR) is 300 cm³/mol. The van der Waals surface area contributed by atoms with E-state index in [1.807, 2.05) is 0 Å². The van der Waals surface area contributed by atoms with Crippen LogP contribution in [0.5, 0.6) is 0 Å². The molecule has 2 aliphatic rings. The van der Waals surface area contributed by atoms with Crippen LogP contribution in [0.2, 0.25) is 0 Å². The van der Waals surface area contributed by atoms with E-state index in [9.17, 15) is 45.6 Å². The van der Waals surface area contributed by atoms with Crippen molar-refractivity contribution in [3.8, 4) is 0 Å². The van der Waals surface area contributed by atoms with Crippen LogP contribution in [0.4, 0.5) is 0 Å². The molecule has 0 spiro atoms. The van der Waals surface area contributed by atoms with E-state index >= 15 is 0 Å². The van der Waals surface area contributed by atoms with E-state index < -0.39 is 86.8 Å². The number of ether oxygens (including phenoxy) is 4. The molecule has 14 nitrogen and oxygen atoms in total. The first-order valence-electron chi connectivity index (χ1n) is 30.0. The molecule has 0 aliphatic carbocycles. The topological polar surface area (TPSA) is 228 Å². The molecule has 75 heavy (non-hydrogen) atoms. The second kappa shape index (κ2) is 46.6. The molecule has 2 aliphatic heterocycles. The highest BCUT2D eigenvalue weighted by atomic mass is 16.7. The predicted octanol–water partition coefficient (Wildman–Crippen LogP) is 10.2. The minimum absolute atomic E-state index is 0.210. The van der Waals surface area contributed by atoms with Gasteiger partial charge in [0.25, 0.3) is 0 Å². The van der Waals surface area contributed by atoms with E-state index in [1.165, 1.54) is 116 Å². The van der Waals surface area contributed by atoms with Gasteiger partial charge in [-0.05, 0) is 57.8 Å². The van der Waals surface area contributed by atoms with Gasteiger partial charge in [-0.15, -0.1) is 0 Å². The molecule has 2 rings (SSSR count). The lowest BCUT2D eigenvalue weighted by Gasteiger charge is -2.46. The third kappa shape index (κ3) is 32.4. The number of aliphatic hydroxyl groups excluding tert-OH is 8. The fourth-order valence-electron chi connectivity index (χ4n) is 9.68. The molecule has 0 bridgehead atoms. The van der Waals surface area contributed by atoms with Crippen LogP contribution in [-0.4, -0.2) is 140 Å². The quantitative estimate of drug-likeness (QED) is 0.0204. The minimum atomic E-state index is -1.78. The lowest BCUT2D eigenvalue weighted by Crippen LogP contribution is -2.65. The highest BCUT2D eigenvalue weighted by molar-refractivity contribution is 5.76. The summed E-state index contributed by atoms with van der Waals surface area (Å²) in [5.41, 5.74) is 0. The van der Waals surface area contributed by atoms with E-state index in [4.69, 9.17) is 18.9 Å². The number of aliphatic hydroxyl groups is 8. The number of amides is 1. The monoisotopic (exact) mass is 1060 g/mol. The summed E-state index contributed by atoms with van der Waals surface area (Å²) in [4.78, 5) is 13.3. The van der Waals surface area contributed by atoms with Crippen LogP contribution in [0.3, 0.4) is 0 Å². The average molecular weight is 1060 g/mol. The van der Waals surface area contributed by atoms with Gasteiger partial charge >= 0.3 is 0 Å². The maximum Gasteiger partial charge on any atom is 0.220 e. The Morgan fingerprint density at radius 3 is 1.41 bits per heavy atom. The summed E-state index contributed by atoms with van der Waals surface area (Å²) in [7, 11) is 0. The van der Waals surface area contributed by atoms with Gasteiger partial charge in [-0.2, -0.15) is 0 Å². The van der Waals surface area contributed by atoms with Crippen molar-refractivity contribution in [3.63, 3.8) is 0 Å². The zero-order valence-electron chi connectivity index (χ0n) is 46.8. The summed E-state index contributed by atoms with van der Waals surface area (Å²) >= 11 is 0. The number of rotatable bonds is 47. The number of carbonyl (C=O) groups is 1. The van der Waals surface area contributed by atoms with Crippen LogP contribution in [0, 0.1) is 0 Å². The van der Waals surface area contributed by atoms with Gasteiger partial charge in [0.2, 0.25) is 5.91 Å². The smallest absolute Gasteiger partial charge is 0.220 e. The summed E-state index contributed by atoms with van der Waals surface area (Å²) < 4.78 is 22.8. The molecule has 0 radical (unpaired) electrons. The molecule has 0 aromatic rings. The molecule has 2 fully saturated rings. The van der Waals surface area contributed by atoms with E-state index in [0.29, 0.717) is 12.8 Å². The summed E-state index contributed by atoms with van der Waals surface area (Å²) in [6.07, 6.45) is 42.3. The van der Waals surface area contributed by atoms with Crippen molar-refractivity contribution >= 4 is 5.91 Å². The fraction of sp³-hybridized carbons (Fsp3) is 0.820. The van der Waals surface area contributed by atoms with Crippen LogP contribution in [-0.2, 0) is 23.7 Å². The SMILES string of the molecule is CC/C=C\C/C=C\C/C=C\C/C=C\C/C=C\CCCCCCCCCCCCCCCC(=O)NC(COC1OC(CO)C(OC2OC(CO)C(O)C(O)C2O)C(O)C1O)C(O)CCCCCCCCCCCCCC. The molecule has 14 heteroatoms. The van der Waals surface area contributed by atoms with Crippen LogP contribution < -0.4 is 5.32 Å². The molecule has 2 saturated heterocycles. The number of allylic oxidation sites excluding steroid dienone is 10. The highest BCUT2D eigenvalue weighted by Crippen LogP contribution is 2.30. The number of carbonyl (C=O) groups excluding carboxylic acids is 1. The summed E-state index contributed by atoms with van der Waals surface area (Å²) in [6, 6.07) is -0.830. The molecule has 1 amide bonds. The molecule has 2 heterocycles. The first-order valence-corrected chi connectivity index (χ1v) is 30.0. The van der Waals surface area contributed by atoms with Crippen molar-refractivity contribution in [1.82, 2.24) is 5.32 Å². The molecule has 9 N–H and O–H groups in total. The van der Waals surface area contributed by atoms with E-state index in [0.717, 1.165) is 83.5 Å². The Hall–Kier alpha value is -2.31. The van der Waals surface area contributed by atoms with Gasteiger partial charge in [-0.3, -0.25) is 4.79 Å². The Balaban J connectivity index is 1.67. The third-order valence-electron chi connectivity index (χ3n) is 14.5. The summed E-state index contributed by atoms with van der Waals surface area (Å²) in [6.45, 7) is 2.74. The second-order valence-electron chi connectivity index (χ2n) is 21.1. The van der Waals surface area contributed by atoms with Crippen molar-refractivity contribution in [1.29, 1.82) is 0 Å². The molecule has 0 aromatic heterocycles. The van der Waals surface area contributed by atoms with Gasteiger partial charge in [0.05, 0.1) is 32.0 Å². The number of nitrogens with one attached hydrogen (secondary N) is 1. The first-order chi connectivity index (χ1) is 36.6. The first kappa shape index (κ1) is 68.8. The largest absolute Gasteiger partial charge is 0.394 e. The molecule has 12 unspecified atom stereocenters. The Morgan fingerprint density at radius 2 is 0.920 bits per heavy atom. The maximum atomic E-state index is 13.3. The van der Waals surface area contributed by atoms with Crippen LogP contribution in [0.1, 0.15) is 226 Å². The van der Waals surface area contributed by atoms with E-state index in [-0.39, 0.29) is 12.5 Å². The van der Waals surface area contributed by atoms with Crippen molar-refractivity contribution < 1.29 is 64.6 Å². The second-order valence-corrected chi connectivity index (χ2v) is 21.1. The Kier molecular flexibility index (Phi) is 42.7. The minimum Gasteiger partial charge on any atom is -0.394 e. The summed E-state index contributed by atoms with van der Waals surface area (Å²) in [5.74, 6) is -0.210. The molecule has 0 aromatic carbocycles. The Bertz CT molecular complexity index is 1490. The lowest BCUT2D eigenvalue weighted by atomic mass is 9.97. The summed E-state index contributed by atoms with van der Waals surface area (Å²) in [5, 5.41) is 87.1. The molecular weight excluding hydrogens is 955 g/mol. The van der Waals surface area contributed by atoms with Gasteiger partial charge in [-0.25, -0.2) is 0 Å². The van der Waals surface area contributed by atoms with Gasteiger partial charge in [0.1, 0.15) is 48.8 Å². The Morgan fingerprint density at radius 1 is 0.493 bits per heavy atom. The van der Waals surface area contributed by atoms with Gasteiger partial charge < -0.3 is 65.1 Å². The van der Waals surface area contributed by atoms with Crippen LogP contribution in [0.15, 0.2) is 60.8 Å². The number of unbranched alkanes of at least 4 members (excludes halogenated alkanes) is 24. The van der Waals surface area contributed by atoms with Crippen LogP contribution >= 0.6 is 0 Å². The van der Waals surface area contributed by atoms with Gasteiger partial charge in [0, 0.05) is 6.42 Å². The zero-order valence-corrected chi connectivity index (χ0v) is 46.8. The third-order valence-corrected chi connectivity index (χ3v) is 14.5. The number of hydrogen-bond donors (Lipinski definition) is 9. The van der Waals surface area contributed by atoms with Gasteiger partial charge in [0.15, 0.2) is 12.6 Å². The Labute approximate surface area is 454 Å². The van der Waals surface area contributed by atoms with Crippen molar-refractivity contribution in [2.24, 2.45) is 0 Å². The van der Waals surface area contributed by atoms with Crippen molar-refractivity contribution in [3.05, 3.63) is 60.8 Å². The number of hydrogen-bond acceptors (Lipinski definition) is 13. The average Bonchev–Trinajstić information content (AvgIpc) is 3.41. The zero-order chi connectivity index (χ0) is 54.6. The van der Waals surface area contributed by atoms with Crippen molar-refractivity contribution in [2.45, 2.75) is 299 Å².